The van der Waals surface area contributed by atoms with Gasteiger partial charge < -0.3 is 16.4 Å². The summed E-state index contributed by atoms with van der Waals surface area (Å²) in [7, 11) is 0. The van der Waals surface area contributed by atoms with Crippen LogP contribution >= 0.6 is 0 Å². The first kappa shape index (κ1) is 13.9. The van der Waals surface area contributed by atoms with Gasteiger partial charge in [0.2, 0.25) is 0 Å². The molecule has 2 aromatic carbocycles. The molecule has 0 spiro atoms. The average molecular weight is 273 g/mol. The topological polar surface area (TPSA) is 67.2 Å². The van der Waals surface area contributed by atoms with Gasteiger partial charge in [-0.15, -0.1) is 0 Å². The van der Waals surface area contributed by atoms with E-state index in [0.717, 1.165) is 0 Å². The first-order valence-electron chi connectivity index (χ1n) is 6.24. The van der Waals surface area contributed by atoms with Crippen LogP contribution < -0.4 is 16.4 Å². The highest BCUT2D eigenvalue weighted by Gasteiger charge is 2.12. The molecule has 4 N–H and O–H groups in total. The summed E-state index contributed by atoms with van der Waals surface area (Å²) in [4.78, 5) is 11.8. The summed E-state index contributed by atoms with van der Waals surface area (Å²) in [6, 6.07) is 12.3. The van der Waals surface area contributed by atoms with Gasteiger partial charge in [-0.25, -0.2) is 9.18 Å². The number of amides is 2. The van der Waals surface area contributed by atoms with Crippen LogP contribution in [0.15, 0.2) is 48.5 Å². The number of nitrogens with one attached hydrogen (secondary N) is 2. The molecule has 104 valence electrons. The van der Waals surface area contributed by atoms with Crippen molar-refractivity contribution in [3.63, 3.8) is 0 Å². The van der Waals surface area contributed by atoms with Gasteiger partial charge in [0, 0.05) is 16.9 Å². The molecule has 0 heterocycles. The maximum Gasteiger partial charge on any atom is 0.319 e. The van der Waals surface area contributed by atoms with Gasteiger partial charge in [-0.05, 0) is 31.2 Å². The number of carbonyl (C=O) groups excluding carboxylic acids is 1. The molecule has 1 unspecified atom stereocenters. The molecule has 0 saturated carbocycles. The van der Waals surface area contributed by atoms with Crippen molar-refractivity contribution in [1.29, 1.82) is 0 Å². The third-order valence-corrected chi connectivity index (χ3v) is 2.86. The van der Waals surface area contributed by atoms with E-state index in [0.29, 0.717) is 16.9 Å². The van der Waals surface area contributed by atoms with E-state index in [2.05, 4.69) is 10.6 Å². The molecule has 0 radical (unpaired) electrons. The van der Waals surface area contributed by atoms with Gasteiger partial charge in [-0.3, -0.25) is 0 Å². The number of benzene rings is 2. The second kappa shape index (κ2) is 6.06. The zero-order chi connectivity index (χ0) is 14.5. The summed E-state index contributed by atoms with van der Waals surface area (Å²) in [6.07, 6.45) is 0. The molecule has 0 aromatic heterocycles. The normalized spacial score (nSPS) is 11.7. The Morgan fingerprint density at radius 2 is 1.95 bits per heavy atom. The van der Waals surface area contributed by atoms with Crippen LogP contribution in [0, 0.1) is 5.82 Å². The number of halogens is 1. The maximum absolute atomic E-state index is 13.6. The van der Waals surface area contributed by atoms with Gasteiger partial charge in [0.1, 0.15) is 5.82 Å². The van der Waals surface area contributed by atoms with E-state index in [-0.39, 0.29) is 5.82 Å². The zero-order valence-electron chi connectivity index (χ0n) is 11.1. The maximum atomic E-state index is 13.6. The predicted octanol–water partition coefficient (Wildman–Crippen LogP) is 3.29. The Morgan fingerprint density at radius 1 is 1.20 bits per heavy atom. The van der Waals surface area contributed by atoms with Crippen LogP contribution in [0.1, 0.15) is 18.5 Å². The Balaban J connectivity index is 2.00. The van der Waals surface area contributed by atoms with Crippen molar-refractivity contribution in [3.05, 3.63) is 59.9 Å². The van der Waals surface area contributed by atoms with Gasteiger partial charge >= 0.3 is 6.03 Å². The van der Waals surface area contributed by atoms with Gasteiger partial charge in [-0.2, -0.15) is 0 Å². The summed E-state index contributed by atoms with van der Waals surface area (Å²) >= 11 is 0. The van der Waals surface area contributed by atoms with Crippen LogP contribution in [-0.2, 0) is 0 Å². The number of hydrogen-bond donors (Lipinski definition) is 3. The molecule has 4 nitrogen and oxygen atoms in total. The molecule has 0 fully saturated rings. The molecule has 0 saturated heterocycles. The van der Waals surface area contributed by atoms with Crippen molar-refractivity contribution >= 4 is 17.4 Å². The Labute approximate surface area is 116 Å². The van der Waals surface area contributed by atoms with Gasteiger partial charge in [-0.1, -0.05) is 24.3 Å². The van der Waals surface area contributed by atoms with Crippen LogP contribution in [0.3, 0.4) is 0 Å². The summed E-state index contributed by atoms with van der Waals surface area (Å²) < 4.78 is 13.6. The summed E-state index contributed by atoms with van der Waals surface area (Å²) in [5.74, 6) is -0.343. The number of carbonyl (C=O) groups is 1. The number of rotatable bonds is 3. The Hall–Kier alpha value is -2.56. The van der Waals surface area contributed by atoms with E-state index in [1.807, 2.05) is 0 Å². The predicted molar refractivity (Wildman–Crippen MR) is 77.8 cm³/mol. The van der Waals surface area contributed by atoms with Gasteiger partial charge in [0.05, 0.1) is 6.04 Å². The fraction of sp³-hybridized carbons (Fsp3) is 0.133. The van der Waals surface area contributed by atoms with Gasteiger partial charge in [0.15, 0.2) is 0 Å². The zero-order valence-corrected chi connectivity index (χ0v) is 11.1. The molecule has 2 amide bonds. The summed E-state index contributed by atoms with van der Waals surface area (Å²) in [5.41, 5.74) is 7.21. The molecule has 20 heavy (non-hydrogen) atoms. The molecular weight excluding hydrogens is 257 g/mol. The van der Waals surface area contributed by atoms with Crippen LogP contribution in [0.4, 0.5) is 20.6 Å². The lowest BCUT2D eigenvalue weighted by atomic mass is 10.1. The van der Waals surface area contributed by atoms with Crippen molar-refractivity contribution < 1.29 is 9.18 Å². The SMILES string of the molecule is CC(NC(=O)Nc1cccc(N)c1)c1ccccc1F. The summed E-state index contributed by atoms with van der Waals surface area (Å²) in [5, 5.41) is 5.32. The first-order valence-corrected chi connectivity index (χ1v) is 6.24. The summed E-state index contributed by atoms with van der Waals surface area (Å²) in [6.45, 7) is 1.72. The number of urea groups is 1. The second-order valence-corrected chi connectivity index (χ2v) is 4.47. The molecule has 2 aromatic rings. The third kappa shape index (κ3) is 3.47. The highest BCUT2D eigenvalue weighted by Crippen LogP contribution is 2.16. The molecule has 0 bridgehead atoms. The van der Waals surface area contributed by atoms with Crippen molar-refractivity contribution in [2.75, 3.05) is 11.1 Å². The van der Waals surface area contributed by atoms with E-state index < -0.39 is 12.1 Å². The number of anilines is 2. The number of hydrogen-bond acceptors (Lipinski definition) is 2. The average Bonchev–Trinajstić information content (AvgIpc) is 2.38. The molecule has 5 heteroatoms. The van der Waals surface area contributed by atoms with E-state index in [9.17, 15) is 9.18 Å². The van der Waals surface area contributed by atoms with Crippen LogP contribution in [0.25, 0.3) is 0 Å². The lowest BCUT2D eigenvalue weighted by Crippen LogP contribution is -2.31. The standard InChI is InChI=1S/C15H16FN3O/c1-10(13-7-2-3-8-14(13)16)18-15(20)19-12-6-4-5-11(17)9-12/h2-10H,17H2,1H3,(H2,18,19,20). The highest BCUT2D eigenvalue weighted by atomic mass is 19.1. The van der Waals surface area contributed by atoms with E-state index in [4.69, 9.17) is 5.73 Å². The molecule has 0 aliphatic carbocycles. The van der Waals surface area contributed by atoms with Crippen molar-refractivity contribution in [1.82, 2.24) is 5.32 Å². The van der Waals surface area contributed by atoms with E-state index in [1.165, 1.54) is 6.07 Å². The molecular formula is C15H16FN3O. The smallest absolute Gasteiger partial charge is 0.319 e. The fourth-order valence-electron chi connectivity index (χ4n) is 1.88. The minimum atomic E-state index is -0.433. The van der Waals surface area contributed by atoms with E-state index in [1.54, 1.807) is 49.4 Å². The van der Waals surface area contributed by atoms with Crippen molar-refractivity contribution in [3.8, 4) is 0 Å². The van der Waals surface area contributed by atoms with E-state index >= 15 is 0 Å². The third-order valence-electron chi connectivity index (χ3n) is 2.86. The Bertz CT molecular complexity index is 616. The van der Waals surface area contributed by atoms with Crippen molar-refractivity contribution in [2.45, 2.75) is 13.0 Å². The molecule has 0 aliphatic rings. The molecule has 0 aliphatic heterocycles. The lowest BCUT2D eigenvalue weighted by Gasteiger charge is -2.15. The highest BCUT2D eigenvalue weighted by molar-refractivity contribution is 5.90. The second-order valence-electron chi connectivity index (χ2n) is 4.47. The number of nitrogen functional groups attached to an aromatic ring is 1. The largest absolute Gasteiger partial charge is 0.399 e. The molecule has 1 atom stereocenters. The quantitative estimate of drug-likeness (QED) is 0.751. The van der Waals surface area contributed by atoms with Crippen molar-refractivity contribution in [2.24, 2.45) is 0 Å². The Kier molecular flexibility index (Phi) is 4.20. The van der Waals surface area contributed by atoms with Crippen LogP contribution in [0.5, 0.6) is 0 Å². The van der Waals surface area contributed by atoms with Crippen LogP contribution in [0.2, 0.25) is 0 Å². The van der Waals surface area contributed by atoms with Gasteiger partial charge in [0.25, 0.3) is 0 Å². The minimum Gasteiger partial charge on any atom is -0.399 e. The Morgan fingerprint density at radius 3 is 2.65 bits per heavy atom. The van der Waals surface area contributed by atoms with Crippen LogP contribution in [-0.4, -0.2) is 6.03 Å². The lowest BCUT2D eigenvalue weighted by molar-refractivity contribution is 0.249. The molecule has 2 rings (SSSR count). The first-order chi connectivity index (χ1) is 9.56. The number of nitrogens with two attached hydrogens (primary N) is 1. The fourth-order valence-corrected chi connectivity index (χ4v) is 1.88. The monoisotopic (exact) mass is 273 g/mol. The minimum absolute atomic E-state index is 0.343.